The average molecular weight is 323 g/mol. The number of nitrogens with zero attached hydrogens (tertiary/aromatic N) is 2. The topological polar surface area (TPSA) is 56.3 Å². The largest absolute Gasteiger partial charge is 0.496 e. The van der Waals surface area contributed by atoms with Gasteiger partial charge < -0.3 is 14.8 Å². The fraction of sp³-hybridized carbons (Fsp3) is 0.263. The van der Waals surface area contributed by atoms with Gasteiger partial charge in [-0.15, -0.1) is 0 Å². The first-order valence-corrected chi connectivity index (χ1v) is 7.94. The van der Waals surface area contributed by atoms with E-state index in [-0.39, 0.29) is 0 Å². The molecule has 0 aliphatic rings. The van der Waals surface area contributed by atoms with Crippen molar-refractivity contribution in [1.82, 2.24) is 9.97 Å². The second kappa shape index (κ2) is 6.74. The summed E-state index contributed by atoms with van der Waals surface area (Å²) in [5.41, 5.74) is 3.58. The Labute approximate surface area is 141 Å². The highest BCUT2D eigenvalue weighted by Crippen LogP contribution is 2.38. The van der Waals surface area contributed by atoms with E-state index < -0.39 is 0 Å². The summed E-state index contributed by atoms with van der Waals surface area (Å²) in [7, 11) is 3.55. The Bertz CT molecular complexity index is 878. The van der Waals surface area contributed by atoms with Crippen molar-refractivity contribution in [3.8, 4) is 22.8 Å². The van der Waals surface area contributed by atoms with Crippen LogP contribution >= 0.6 is 0 Å². The van der Waals surface area contributed by atoms with Crippen LogP contribution in [0, 0.1) is 6.92 Å². The molecule has 0 aliphatic heterocycles. The van der Waals surface area contributed by atoms with Crippen molar-refractivity contribution in [2.24, 2.45) is 0 Å². The number of fused-ring (bicyclic) bond motifs is 1. The number of anilines is 1. The first kappa shape index (κ1) is 16.1. The van der Waals surface area contributed by atoms with Crippen LogP contribution in [0.1, 0.15) is 12.7 Å². The minimum absolute atomic E-state index is 0.583. The molecule has 0 unspecified atom stereocenters. The molecule has 0 saturated carbocycles. The number of methoxy groups -OCH3 is 1. The standard InChI is InChI=1S/C19H21N3O2/c1-5-24-17-8-6-7-15-18(17)19(22-12(2)21-15)14-11-13(20-3)9-10-16(14)23-4/h6-11,20H,5H2,1-4H3. The Hall–Kier alpha value is -2.82. The van der Waals surface area contributed by atoms with E-state index in [4.69, 9.17) is 14.5 Å². The minimum Gasteiger partial charge on any atom is -0.496 e. The lowest BCUT2D eigenvalue weighted by atomic mass is 10.0. The summed E-state index contributed by atoms with van der Waals surface area (Å²) in [5.74, 6) is 2.25. The first-order chi connectivity index (χ1) is 11.7. The second-order valence-corrected chi connectivity index (χ2v) is 5.37. The lowest BCUT2D eigenvalue weighted by Gasteiger charge is -2.15. The summed E-state index contributed by atoms with van der Waals surface area (Å²) in [6, 6.07) is 11.8. The molecule has 24 heavy (non-hydrogen) atoms. The van der Waals surface area contributed by atoms with Gasteiger partial charge in [-0.3, -0.25) is 0 Å². The fourth-order valence-electron chi connectivity index (χ4n) is 2.79. The van der Waals surface area contributed by atoms with Crippen LogP contribution in [0.25, 0.3) is 22.2 Å². The molecule has 124 valence electrons. The van der Waals surface area contributed by atoms with Gasteiger partial charge in [-0.25, -0.2) is 9.97 Å². The highest BCUT2D eigenvalue weighted by Gasteiger charge is 2.17. The predicted molar refractivity (Wildman–Crippen MR) is 97.0 cm³/mol. The van der Waals surface area contributed by atoms with E-state index in [1.165, 1.54) is 0 Å². The molecule has 3 aromatic rings. The number of rotatable bonds is 5. The minimum atomic E-state index is 0.583. The molecule has 0 fully saturated rings. The van der Waals surface area contributed by atoms with Crippen LogP contribution in [0.15, 0.2) is 36.4 Å². The van der Waals surface area contributed by atoms with Crippen LogP contribution in [-0.4, -0.2) is 30.7 Å². The quantitative estimate of drug-likeness (QED) is 0.767. The Morgan fingerprint density at radius 1 is 1.08 bits per heavy atom. The van der Waals surface area contributed by atoms with Crippen molar-refractivity contribution < 1.29 is 9.47 Å². The average Bonchev–Trinajstić information content (AvgIpc) is 2.60. The van der Waals surface area contributed by atoms with E-state index in [1.54, 1.807) is 7.11 Å². The van der Waals surface area contributed by atoms with E-state index >= 15 is 0 Å². The molecule has 0 aliphatic carbocycles. The summed E-state index contributed by atoms with van der Waals surface area (Å²) in [5, 5.41) is 4.06. The lowest BCUT2D eigenvalue weighted by molar-refractivity contribution is 0.344. The number of aryl methyl sites for hydroxylation is 1. The van der Waals surface area contributed by atoms with Gasteiger partial charge in [-0.2, -0.15) is 0 Å². The molecule has 2 aromatic carbocycles. The molecule has 0 bridgehead atoms. The molecule has 0 radical (unpaired) electrons. The first-order valence-electron chi connectivity index (χ1n) is 7.94. The van der Waals surface area contributed by atoms with Crippen molar-refractivity contribution in [3.63, 3.8) is 0 Å². The van der Waals surface area contributed by atoms with Crippen LogP contribution in [0.5, 0.6) is 11.5 Å². The van der Waals surface area contributed by atoms with E-state index in [1.807, 2.05) is 57.3 Å². The molecule has 1 N–H and O–H groups in total. The smallest absolute Gasteiger partial charge is 0.130 e. The zero-order valence-corrected chi connectivity index (χ0v) is 14.4. The SMILES string of the molecule is CCOc1cccc2nc(C)nc(-c3cc(NC)ccc3OC)c12. The third-order valence-corrected chi connectivity index (χ3v) is 3.84. The molecule has 0 atom stereocenters. The van der Waals surface area contributed by atoms with E-state index in [0.717, 1.165) is 39.3 Å². The van der Waals surface area contributed by atoms with Crippen LogP contribution in [0.2, 0.25) is 0 Å². The van der Waals surface area contributed by atoms with E-state index in [0.29, 0.717) is 12.4 Å². The van der Waals surface area contributed by atoms with Crippen LogP contribution in [-0.2, 0) is 0 Å². The zero-order valence-electron chi connectivity index (χ0n) is 14.4. The van der Waals surface area contributed by atoms with Crippen molar-refractivity contribution in [3.05, 3.63) is 42.2 Å². The predicted octanol–water partition coefficient (Wildman–Crippen LogP) is 4.05. The maximum Gasteiger partial charge on any atom is 0.130 e. The van der Waals surface area contributed by atoms with Crippen molar-refractivity contribution in [2.75, 3.05) is 26.1 Å². The lowest BCUT2D eigenvalue weighted by Crippen LogP contribution is -2.00. The Morgan fingerprint density at radius 3 is 2.62 bits per heavy atom. The monoisotopic (exact) mass is 323 g/mol. The summed E-state index contributed by atoms with van der Waals surface area (Å²) in [6.07, 6.45) is 0. The normalized spacial score (nSPS) is 10.7. The number of ether oxygens (including phenoxy) is 2. The Morgan fingerprint density at radius 2 is 1.92 bits per heavy atom. The summed E-state index contributed by atoms with van der Waals surface area (Å²) in [4.78, 5) is 9.25. The molecule has 0 saturated heterocycles. The Balaban J connectivity index is 2.37. The van der Waals surface area contributed by atoms with Gasteiger partial charge in [-0.1, -0.05) is 6.07 Å². The van der Waals surface area contributed by atoms with Crippen LogP contribution in [0.3, 0.4) is 0 Å². The number of nitrogens with one attached hydrogen (secondary N) is 1. The van der Waals surface area contributed by atoms with E-state index in [9.17, 15) is 0 Å². The van der Waals surface area contributed by atoms with Gasteiger partial charge in [0.15, 0.2) is 0 Å². The second-order valence-electron chi connectivity index (χ2n) is 5.37. The third kappa shape index (κ3) is 2.85. The highest BCUT2D eigenvalue weighted by atomic mass is 16.5. The molecular weight excluding hydrogens is 302 g/mol. The fourth-order valence-corrected chi connectivity index (χ4v) is 2.79. The molecule has 1 aromatic heterocycles. The van der Waals surface area contributed by atoms with Crippen LogP contribution < -0.4 is 14.8 Å². The maximum absolute atomic E-state index is 5.81. The van der Waals surface area contributed by atoms with Crippen molar-refractivity contribution in [1.29, 1.82) is 0 Å². The maximum atomic E-state index is 5.81. The number of benzene rings is 2. The molecule has 0 amide bonds. The molecule has 3 rings (SSSR count). The molecule has 0 spiro atoms. The Kier molecular flexibility index (Phi) is 4.51. The molecule has 5 nitrogen and oxygen atoms in total. The van der Waals surface area contributed by atoms with Crippen molar-refractivity contribution >= 4 is 16.6 Å². The summed E-state index contributed by atoms with van der Waals surface area (Å²) in [6.45, 7) is 4.45. The molecule has 1 heterocycles. The summed E-state index contributed by atoms with van der Waals surface area (Å²) >= 11 is 0. The number of hydrogen-bond acceptors (Lipinski definition) is 5. The number of aromatic nitrogens is 2. The zero-order chi connectivity index (χ0) is 17.1. The number of hydrogen-bond donors (Lipinski definition) is 1. The molecular formula is C19H21N3O2. The van der Waals surface area contributed by atoms with E-state index in [2.05, 4.69) is 10.3 Å². The third-order valence-electron chi connectivity index (χ3n) is 3.84. The molecule has 5 heteroatoms. The van der Waals surface area contributed by atoms with Gasteiger partial charge in [0.1, 0.15) is 17.3 Å². The van der Waals surface area contributed by atoms with Gasteiger partial charge in [0.25, 0.3) is 0 Å². The van der Waals surface area contributed by atoms with Gasteiger partial charge >= 0.3 is 0 Å². The van der Waals surface area contributed by atoms with Gasteiger partial charge in [0, 0.05) is 18.3 Å². The van der Waals surface area contributed by atoms with Gasteiger partial charge in [0.2, 0.25) is 0 Å². The van der Waals surface area contributed by atoms with Crippen molar-refractivity contribution in [2.45, 2.75) is 13.8 Å². The van der Waals surface area contributed by atoms with Gasteiger partial charge in [-0.05, 0) is 44.2 Å². The highest BCUT2D eigenvalue weighted by molar-refractivity contribution is 5.98. The van der Waals surface area contributed by atoms with Gasteiger partial charge in [0.05, 0.1) is 30.3 Å². The summed E-state index contributed by atoms with van der Waals surface area (Å²) < 4.78 is 11.4. The van der Waals surface area contributed by atoms with Crippen LogP contribution in [0.4, 0.5) is 5.69 Å².